The zero-order valence-electron chi connectivity index (χ0n) is 14.2. The van der Waals surface area contributed by atoms with Crippen LogP contribution in [0, 0.1) is 0 Å². The Balaban J connectivity index is 1.64. The third kappa shape index (κ3) is 6.76. The highest BCUT2D eigenvalue weighted by molar-refractivity contribution is 6.30. The Labute approximate surface area is 153 Å². The molecule has 0 unspecified atom stereocenters. The van der Waals surface area contributed by atoms with Gasteiger partial charge in [-0.1, -0.05) is 17.7 Å². The van der Waals surface area contributed by atoms with E-state index in [1.165, 1.54) is 0 Å². The highest BCUT2D eigenvalue weighted by atomic mass is 35.5. The van der Waals surface area contributed by atoms with Crippen LogP contribution >= 0.6 is 11.6 Å². The van der Waals surface area contributed by atoms with Crippen LogP contribution in [-0.4, -0.2) is 67.5 Å². The maximum absolute atomic E-state index is 12.2. The predicted octanol–water partition coefficient (Wildman–Crippen LogP) is 1.56. The van der Waals surface area contributed by atoms with Crippen LogP contribution in [0.15, 0.2) is 36.9 Å². The Morgan fingerprint density at radius 1 is 1.20 bits per heavy atom. The van der Waals surface area contributed by atoms with Crippen molar-refractivity contribution >= 4 is 23.4 Å². The second-order valence-corrected chi connectivity index (χ2v) is 6.24. The van der Waals surface area contributed by atoms with Crippen LogP contribution in [0.3, 0.4) is 0 Å². The predicted molar refractivity (Wildman–Crippen MR) is 97.8 cm³/mol. The number of hydrogen-bond donors (Lipinski definition) is 1. The van der Waals surface area contributed by atoms with Crippen molar-refractivity contribution in [1.29, 1.82) is 0 Å². The van der Waals surface area contributed by atoms with Gasteiger partial charge in [0.15, 0.2) is 0 Å². The van der Waals surface area contributed by atoms with Gasteiger partial charge in [-0.15, -0.1) is 6.58 Å². The van der Waals surface area contributed by atoms with Gasteiger partial charge < -0.3 is 15.0 Å². The molecule has 1 aromatic carbocycles. The lowest BCUT2D eigenvalue weighted by Gasteiger charge is -2.34. The van der Waals surface area contributed by atoms with Crippen molar-refractivity contribution in [2.75, 3.05) is 45.9 Å². The Hall–Kier alpha value is -2.05. The van der Waals surface area contributed by atoms with Crippen LogP contribution in [-0.2, 0) is 9.59 Å². The van der Waals surface area contributed by atoms with Gasteiger partial charge in [0.05, 0.1) is 19.6 Å². The fraction of sp³-hybridized carbons (Fsp3) is 0.444. The van der Waals surface area contributed by atoms with Crippen molar-refractivity contribution in [3.05, 3.63) is 41.9 Å². The van der Waals surface area contributed by atoms with Crippen LogP contribution in [0.5, 0.6) is 5.75 Å². The molecule has 0 spiro atoms. The minimum Gasteiger partial charge on any atom is -0.493 e. The first-order valence-corrected chi connectivity index (χ1v) is 8.72. The van der Waals surface area contributed by atoms with Gasteiger partial charge in [0, 0.05) is 37.7 Å². The van der Waals surface area contributed by atoms with E-state index in [1.54, 1.807) is 30.3 Å². The zero-order chi connectivity index (χ0) is 18.1. The van der Waals surface area contributed by atoms with Gasteiger partial charge in [-0.25, -0.2) is 0 Å². The van der Waals surface area contributed by atoms with E-state index in [4.69, 9.17) is 16.3 Å². The SMILES string of the molecule is C=CCNC(=O)CN1CCN(C(=O)CCOc2ccc(Cl)cc2)CC1. The third-order valence-electron chi connectivity index (χ3n) is 3.93. The number of carbonyl (C=O) groups is 2. The number of amides is 2. The second kappa shape index (κ2) is 10.1. The van der Waals surface area contributed by atoms with E-state index < -0.39 is 0 Å². The Morgan fingerprint density at radius 2 is 1.88 bits per heavy atom. The van der Waals surface area contributed by atoms with Crippen LogP contribution < -0.4 is 10.1 Å². The van der Waals surface area contributed by atoms with E-state index in [0.717, 1.165) is 0 Å². The summed E-state index contributed by atoms with van der Waals surface area (Å²) in [7, 11) is 0. The number of benzene rings is 1. The summed E-state index contributed by atoms with van der Waals surface area (Å²) in [6.07, 6.45) is 1.99. The summed E-state index contributed by atoms with van der Waals surface area (Å²) in [6.45, 7) is 7.41. The van der Waals surface area contributed by atoms with Crippen LogP contribution in [0.1, 0.15) is 6.42 Å². The maximum Gasteiger partial charge on any atom is 0.234 e. The monoisotopic (exact) mass is 365 g/mol. The lowest BCUT2D eigenvalue weighted by molar-refractivity contribution is -0.133. The van der Waals surface area contributed by atoms with Crippen molar-refractivity contribution in [1.82, 2.24) is 15.1 Å². The molecule has 1 aliphatic heterocycles. The number of nitrogens with one attached hydrogen (secondary N) is 1. The average Bonchev–Trinajstić information content (AvgIpc) is 2.62. The summed E-state index contributed by atoms with van der Waals surface area (Å²) < 4.78 is 5.56. The largest absolute Gasteiger partial charge is 0.493 e. The fourth-order valence-corrected chi connectivity index (χ4v) is 2.67. The van der Waals surface area contributed by atoms with E-state index in [2.05, 4.69) is 11.9 Å². The molecule has 0 bridgehead atoms. The molecule has 1 saturated heterocycles. The second-order valence-electron chi connectivity index (χ2n) is 5.80. The number of halogens is 1. The Bertz CT molecular complexity index is 584. The van der Waals surface area contributed by atoms with Crippen molar-refractivity contribution in [3.63, 3.8) is 0 Å². The third-order valence-corrected chi connectivity index (χ3v) is 4.19. The van der Waals surface area contributed by atoms with Crippen LogP contribution in [0.25, 0.3) is 0 Å². The molecule has 0 radical (unpaired) electrons. The topological polar surface area (TPSA) is 61.9 Å². The highest BCUT2D eigenvalue weighted by Crippen LogP contribution is 2.15. The van der Waals surface area contributed by atoms with E-state index in [0.29, 0.717) is 63.1 Å². The summed E-state index contributed by atoms with van der Waals surface area (Å²) in [5.41, 5.74) is 0. The number of ether oxygens (including phenoxy) is 1. The van der Waals surface area contributed by atoms with Gasteiger partial charge in [-0.05, 0) is 24.3 Å². The summed E-state index contributed by atoms with van der Waals surface area (Å²) in [5, 5.41) is 3.41. The molecule has 1 fully saturated rings. The molecular formula is C18H24ClN3O3. The normalized spacial score (nSPS) is 14.8. The molecule has 7 heteroatoms. The van der Waals surface area contributed by atoms with Crippen molar-refractivity contribution < 1.29 is 14.3 Å². The van der Waals surface area contributed by atoms with E-state index in [9.17, 15) is 9.59 Å². The van der Waals surface area contributed by atoms with Crippen LogP contribution in [0.2, 0.25) is 5.02 Å². The lowest BCUT2D eigenvalue weighted by Crippen LogP contribution is -2.51. The standard InChI is InChI=1S/C18H24ClN3O3/c1-2-8-20-17(23)14-21-9-11-22(12-10-21)18(24)7-13-25-16-5-3-15(19)4-6-16/h2-6H,1,7-14H2,(H,20,23). The number of hydrogen-bond acceptors (Lipinski definition) is 4. The van der Waals surface area contributed by atoms with E-state index in [-0.39, 0.29) is 11.8 Å². The molecule has 0 saturated carbocycles. The lowest BCUT2D eigenvalue weighted by atomic mass is 10.2. The maximum atomic E-state index is 12.2. The molecule has 0 aliphatic carbocycles. The number of piperazine rings is 1. The molecule has 6 nitrogen and oxygen atoms in total. The molecule has 25 heavy (non-hydrogen) atoms. The quantitative estimate of drug-likeness (QED) is 0.710. The van der Waals surface area contributed by atoms with Gasteiger partial charge >= 0.3 is 0 Å². The Kier molecular flexibility index (Phi) is 7.76. The number of nitrogens with zero attached hydrogens (tertiary/aromatic N) is 2. The molecule has 2 rings (SSSR count). The fourth-order valence-electron chi connectivity index (χ4n) is 2.55. The van der Waals surface area contributed by atoms with Gasteiger partial charge in [0.2, 0.25) is 11.8 Å². The summed E-state index contributed by atoms with van der Waals surface area (Å²) in [6, 6.07) is 7.07. The first-order chi connectivity index (χ1) is 12.1. The van der Waals surface area contributed by atoms with Gasteiger partial charge in [-0.2, -0.15) is 0 Å². The van der Waals surface area contributed by atoms with E-state index >= 15 is 0 Å². The van der Waals surface area contributed by atoms with Crippen molar-refractivity contribution in [3.8, 4) is 5.75 Å². The zero-order valence-corrected chi connectivity index (χ0v) is 15.0. The average molecular weight is 366 g/mol. The molecule has 0 aromatic heterocycles. The number of rotatable bonds is 8. The molecule has 1 aromatic rings. The molecule has 136 valence electrons. The van der Waals surface area contributed by atoms with Gasteiger partial charge in [0.1, 0.15) is 5.75 Å². The van der Waals surface area contributed by atoms with Gasteiger partial charge in [-0.3, -0.25) is 14.5 Å². The molecule has 1 heterocycles. The first-order valence-electron chi connectivity index (χ1n) is 8.34. The number of carbonyl (C=O) groups excluding carboxylic acids is 2. The highest BCUT2D eigenvalue weighted by Gasteiger charge is 2.22. The van der Waals surface area contributed by atoms with Crippen LogP contribution in [0.4, 0.5) is 0 Å². The molecule has 2 amide bonds. The molecule has 1 aliphatic rings. The smallest absolute Gasteiger partial charge is 0.234 e. The minimum absolute atomic E-state index is 0.0176. The summed E-state index contributed by atoms with van der Waals surface area (Å²) in [5.74, 6) is 0.758. The van der Waals surface area contributed by atoms with Crippen molar-refractivity contribution in [2.45, 2.75) is 6.42 Å². The van der Waals surface area contributed by atoms with Crippen molar-refractivity contribution in [2.24, 2.45) is 0 Å². The molecule has 1 N–H and O–H groups in total. The van der Waals surface area contributed by atoms with E-state index in [1.807, 2.05) is 9.80 Å². The molecular weight excluding hydrogens is 342 g/mol. The van der Waals surface area contributed by atoms with Gasteiger partial charge in [0.25, 0.3) is 0 Å². The molecule has 0 atom stereocenters. The Morgan fingerprint density at radius 3 is 2.52 bits per heavy atom. The minimum atomic E-state index is -0.0176. The summed E-state index contributed by atoms with van der Waals surface area (Å²) >= 11 is 5.82. The summed E-state index contributed by atoms with van der Waals surface area (Å²) in [4.78, 5) is 27.8. The first kappa shape index (κ1) is 19.3.